The quantitative estimate of drug-likeness (QED) is 0.513. The molecule has 0 radical (unpaired) electrons. The van der Waals surface area contributed by atoms with Gasteiger partial charge in [-0.1, -0.05) is 47.5 Å². The molecule has 0 aromatic rings. The first kappa shape index (κ1) is 19.0. The molecular weight excluding hydrogens is 208 g/mol. The molecule has 0 amide bonds. The van der Waals surface area contributed by atoms with Crippen LogP contribution in [0.2, 0.25) is 0 Å². The van der Waals surface area contributed by atoms with Crippen molar-refractivity contribution in [2.75, 3.05) is 6.61 Å². The summed E-state index contributed by atoms with van der Waals surface area (Å²) in [5, 5.41) is 0. The van der Waals surface area contributed by atoms with Crippen LogP contribution in [-0.4, -0.2) is 12.7 Å². The van der Waals surface area contributed by atoms with Crippen LogP contribution in [0.25, 0.3) is 0 Å². The van der Waals surface area contributed by atoms with Gasteiger partial charge in [-0.3, -0.25) is 0 Å². The SMILES string of the molecule is C=C.CC.CC.CC1CCOC2CCCCC12. The summed E-state index contributed by atoms with van der Waals surface area (Å²) in [5.41, 5.74) is 0. The molecule has 0 N–H and O–H groups in total. The van der Waals surface area contributed by atoms with Gasteiger partial charge in [0.1, 0.15) is 0 Å². The minimum Gasteiger partial charge on any atom is -0.378 e. The number of fused-ring (bicyclic) bond motifs is 1. The predicted molar refractivity (Wildman–Crippen MR) is 79.4 cm³/mol. The van der Waals surface area contributed by atoms with E-state index in [-0.39, 0.29) is 0 Å². The maximum atomic E-state index is 5.75. The van der Waals surface area contributed by atoms with Crippen LogP contribution in [0.15, 0.2) is 13.2 Å². The fourth-order valence-corrected chi connectivity index (χ4v) is 2.60. The second-order valence-corrected chi connectivity index (χ2v) is 4.12. The normalized spacial score (nSPS) is 30.1. The highest BCUT2D eigenvalue weighted by molar-refractivity contribution is 4.82. The molecule has 1 saturated carbocycles. The maximum absolute atomic E-state index is 5.75. The van der Waals surface area contributed by atoms with Crippen LogP contribution >= 0.6 is 0 Å². The fourth-order valence-electron chi connectivity index (χ4n) is 2.60. The van der Waals surface area contributed by atoms with Crippen molar-refractivity contribution in [3.05, 3.63) is 13.2 Å². The van der Waals surface area contributed by atoms with Crippen LogP contribution in [0, 0.1) is 11.8 Å². The molecule has 1 heteroatoms. The molecular formula is C16H34O. The highest BCUT2D eigenvalue weighted by Crippen LogP contribution is 2.36. The van der Waals surface area contributed by atoms with E-state index in [9.17, 15) is 0 Å². The number of hydrogen-bond donors (Lipinski definition) is 0. The van der Waals surface area contributed by atoms with Gasteiger partial charge < -0.3 is 4.74 Å². The standard InChI is InChI=1S/C10H18O.2C2H6.C2H4/c1-8-6-7-11-10-5-3-2-4-9(8)10;3*1-2/h8-10H,2-7H2,1H3;2*1-2H3;1-2H2. The Bertz CT molecular complexity index is 142. The molecule has 1 aliphatic heterocycles. The third-order valence-electron chi connectivity index (χ3n) is 3.39. The number of ether oxygens (including phenoxy) is 1. The van der Waals surface area contributed by atoms with Gasteiger partial charge in [0.15, 0.2) is 0 Å². The van der Waals surface area contributed by atoms with Gasteiger partial charge in [-0.2, -0.15) is 0 Å². The lowest BCUT2D eigenvalue weighted by Crippen LogP contribution is -2.37. The van der Waals surface area contributed by atoms with Crippen molar-refractivity contribution in [3.8, 4) is 0 Å². The lowest BCUT2D eigenvalue weighted by atomic mass is 9.76. The molecule has 3 atom stereocenters. The topological polar surface area (TPSA) is 9.23 Å². The van der Waals surface area contributed by atoms with Crippen LogP contribution in [0.4, 0.5) is 0 Å². The zero-order chi connectivity index (χ0) is 13.7. The van der Waals surface area contributed by atoms with E-state index in [2.05, 4.69) is 20.1 Å². The molecule has 0 aromatic heterocycles. The van der Waals surface area contributed by atoms with E-state index < -0.39 is 0 Å². The number of hydrogen-bond acceptors (Lipinski definition) is 1. The molecule has 3 unspecified atom stereocenters. The summed E-state index contributed by atoms with van der Waals surface area (Å²) in [6, 6.07) is 0. The van der Waals surface area contributed by atoms with E-state index in [1.165, 1.54) is 32.1 Å². The Morgan fingerprint density at radius 1 is 0.882 bits per heavy atom. The van der Waals surface area contributed by atoms with Crippen molar-refractivity contribution in [1.82, 2.24) is 0 Å². The molecule has 0 bridgehead atoms. The third kappa shape index (κ3) is 6.88. The molecule has 2 rings (SSSR count). The summed E-state index contributed by atoms with van der Waals surface area (Å²) < 4.78 is 5.75. The zero-order valence-corrected chi connectivity index (χ0v) is 12.8. The Morgan fingerprint density at radius 2 is 1.41 bits per heavy atom. The fraction of sp³-hybridized carbons (Fsp3) is 0.875. The second-order valence-electron chi connectivity index (χ2n) is 4.12. The summed E-state index contributed by atoms with van der Waals surface area (Å²) in [6.07, 6.45) is 7.51. The highest BCUT2D eigenvalue weighted by Gasteiger charge is 2.32. The first-order valence-electron chi connectivity index (χ1n) is 7.49. The van der Waals surface area contributed by atoms with Crippen LogP contribution in [0.3, 0.4) is 0 Å². The summed E-state index contributed by atoms with van der Waals surface area (Å²) in [5.74, 6) is 1.83. The second kappa shape index (κ2) is 13.8. The molecule has 0 spiro atoms. The molecule has 17 heavy (non-hydrogen) atoms. The molecule has 2 fully saturated rings. The van der Waals surface area contributed by atoms with Crippen LogP contribution in [0.5, 0.6) is 0 Å². The minimum absolute atomic E-state index is 0.632. The van der Waals surface area contributed by atoms with Gasteiger partial charge >= 0.3 is 0 Å². The van der Waals surface area contributed by atoms with E-state index in [4.69, 9.17) is 4.74 Å². The first-order valence-corrected chi connectivity index (χ1v) is 7.49. The lowest BCUT2D eigenvalue weighted by molar-refractivity contribution is -0.0721. The molecule has 1 heterocycles. The van der Waals surface area contributed by atoms with E-state index in [0.29, 0.717) is 6.10 Å². The van der Waals surface area contributed by atoms with Crippen LogP contribution in [0.1, 0.15) is 66.7 Å². The van der Waals surface area contributed by atoms with E-state index >= 15 is 0 Å². The van der Waals surface area contributed by atoms with Gasteiger partial charge in [0, 0.05) is 6.61 Å². The van der Waals surface area contributed by atoms with E-state index in [0.717, 1.165) is 18.4 Å². The Morgan fingerprint density at radius 3 is 1.94 bits per heavy atom. The van der Waals surface area contributed by atoms with E-state index in [1.807, 2.05) is 27.7 Å². The summed E-state index contributed by atoms with van der Waals surface area (Å²) in [6.45, 7) is 17.4. The molecule has 1 nitrogen and oxygen atoms in total. The van der Waals surface area contributed by atoms with Gasteiger partial charge in [-0.15, -0.1) is 13.2 Å². The Balaban J connectivity index is 0. The average Bonchev–Trinajstić information content (AvgIpc) is 2.46. The van der Waals surface area contributed by atoms with Gasteiger partial charge in [-0.25, -0.2) is 0 Å². The van der Waals surface area contributed by atoms with Gasteiger partial charge in [-0.05, 0) is 31.1 Å². The maximum Gasteiger partial charge on any atom is 0.0605 e. The smallest absolute Gasteiger partial charge is 0.0605 e. The van der Waals surface area contributed by atoms with Crippen LogP contribution in [-0.2, 0) is 4.74 Å². The molecule has 104 valence electrons. The Labute approximate surface area is 110 Å². The van der Waals surface area contributed by atoms with Crippen molar-refractivity contribution in [2.24, 2.45) is 11.8 Å². The largest absolute Gasteiger partial charge is 0.378 e. The molecule has 0 aromatic carbocycles. The van der Waals surface area contributed by atoms with Crippen molar-refractivity contribution in [3.63, 3.8) is 0 Å². The molecule has 1 aliphatic carbocycles. The zero-order valence-electron chi connectivity index (χ0n) is 12.8. The average molecular weight is 242 g/mol. The monoisotopic (exact) mass is 242 g/mol. The van der Waals surface area contributed by atoms with Crippen molar-refractivity contribution >= 4 is 0 Å². The van der Waals surface area contributed by atoms with Gasteiger partial charge in [0.25, 0.3) is 0 Å². The summed E-state index contributed by atoms with van der Waals surface area (Å²) >= 11 is 0. The Hall–Kier alpha value is -0.300. The Kier molecular flexibility index (Phi) is 15.4. The van der Waals surface area contributed by atoms with Gasteiger partial charge in [0.2, 0.25) is 0 Å². The van der Waals surface area contributed by atoms with Gasteiger partial charge in [0.05, 0.1) is 6.10 Å². The van der Waals surface area contributed by atoms with Crippen LogP contribution < -0.4 is 0 Å². The lowest BCUT2D eigenvalue weighted by Gasteiger charge is -2.39. The predicted octanol–water partition coefficient (Wildman–Crippen LogP) is 5.46. The minimum atomic E-state index is 0.632. The first-order chi connectivity index (χ1) is 8.38. The molecule has 2 aliphatic rings. The highest BCUT2D eigenvalue weighted by atomic mass is 16.5. The molecule has 1 saturated heterocycles. The summed E-state index contributed by atoms with van der Waals surface area (Å²) in [7, 11) is 0. The van der Waals surface area contributed by atoms with Crippen molar-refractivity contribution in [1.29, 1.82) is 0 Å². The van der Waals surface area contributed by atoms with E-state index in [1.54, 1.807) is 0 Å². The third-order valence-corrected chi connectivity index (χ3v) is 3.39. The van der Waals surface area contributed by atoms with Crippen molar-refractivity contribution < 1.29 is 4.74 Å². The number of rotatable bonds is 0. The van der Waals surface area contributed by atoms with Crippen molar-refractivity contribution in [2.45, 2.75) is 72.8 Å². The summed E-state index contributed by atoms with van der Waals surface area (Å²) in [4.78, 5) is 0.